The van der Waals surface area contributed by atoms with Crippen LogP contribution < -0.4 is 9.64 Å². The standard InChI is InChI=1S/C21H23NO3/c1-4-20(23)16-9-11-18(12-10-16)25-15(3)21(24)22-14(2)13-17-7-5-6-8-19(17)22/h5-12,14-15H,4,13H2,1-3H3. The van der Waals surface area contributed by atoms with Crippen molar-refractivity contribution < 1.29 is 14.3 Å². The number of ether oxygens (including phenoxy) is 1. The minimum atomic E-state index is -0.596. The van der Waals surface area contributed by atoms with E-state index in [9.17, 15) is 9.59 Å². The molecule has 2 aromatic rings. The third-order valence-electron chi connectivity index (χ3n) is 4.60. The molecule has 0 aliphatic carbocycles. The molecule has 0 fully saturated rings. The van der Waals surface area contributed by atoms with Crippen molar-refractivity contribution >= 4 is 17.4 Å². The number of anilines is 1. The fraction of sp³-hybridized carbons (Fsp3) is 0.333. The number of benzene rings is 2. The molecule has 0 radical (unpaired) electrons. The minimum absolute atomic E-state index is 0.0499. The van der Waals surface area contributed by atoms with Crippen molar-refractivity contribution in [1.82, 2.24) is 0 Å². The zero-order valence-electron chi connectivity index (χ0n) is 14.9. The Labute approximate surface area is 148 Å². The molecule has 4 nitrogen and oxygen atoms in total. The molecule has 2 aromatic carbocycles. The number of rotatable bonds is 5. The molecule has 1 aliphatic heterocycles. The zero-order chi connectivity index (χ0) is 18.0. The molecule has 25 heavy (non-hydrogen) atoms. The number of para-hydroxylation sites is 1. The van der Waals surface area contributed by atoms with Crippen molar-refractivity contribution in [1.29, 1.82) is 0 Å². The Morgan fingerprint density at radius 3 is 2.52 bits per heavy atom. The van der Waals surface area contributed by atoms with Crippen molar-refractivity contribution in [3.05, 3.63) is 59.7 Å². The second kappa shape index (κ2) is 7.09. The second-order valence-electron chi connectivity index (χ2n) is 6.45. The molecule has 1 amide bonds. The summed E-state index contributed by atoms with van der Waals surface area (Å²) in [4.78, 5) is 26.4. The largest absolute Gasteiger partial charge is 0.481 e. The number of Topliss-reactive ketones (excluding diaryl/α,β-unsaturated/α-hetero) is 1. The van der Waals surface area contributed by atoms with E-state index in [0.29, 0.717) is 17.7 Å². The quantitative estimate of drug-likeness (QED) is 0.774. The highest BCUT2D eigenvalue weighted by molar-refractivity contribution is 5.99. The first-order chi connectivity index (χ1) is 12.0. The van der Waals surface area contributed by atoms with E-state index in [2.05, 4.69) is 13.0 Å². The summed E-state index contributed by atoms with van der Waals surface area (Å²) in [7, 11) is 0. The lowest BCUT2D eigenvalue weighted by molar-refractivity contribution is -0.124. The van der Waals surface area contributed by atoms with E-state index in [1.165, 1.54) is 5.56 Å². The molecule has 2 atom stereocenters. The third kappa shape index (κ3) is 3.43. The van der Waals surface area contributed by atoms with Crippen LogP contribution in [0, 0.1) is 0 Å². The Hall–Kier alpha value is -2.62. The number of nitrogens with zero attached hydrogens (tertiary/aromatic N) is 1. The van der Waals surface area contributed by atoms with Gasteiger partial charge in [0.05, 0.1) is 0 Å². The highest BCUT2D eigenvalue weighted by Gasteiger charge is 2.33. The first-order valence-electron chi connectivity index (χ1n) is 8.72. The summed E-state index contributed by atoms with van der Waals surface area (Å²) in [5, 5.41) is 0. The summed E-state index contributed by atoms with van der Waals surface area (Å²) >= 11 is 0. The van der Waals surface area contributed by atoms with Crippen molar-refractivity contribution in [2.45, 2.75) is 45.8 Å². The van der Waals surface area contributed by atoms with Crippen molar-refractivity contribution in [2.24, 2.45) is 0 Å². The Balaban J connectivity index is 1.72. The average Bonchev–Trinajstić information content (AvgIpc) is 2.96. The van der Waals surface area contributed by atoms with E-state index in [-0.39, 0.29) is 17.7 Å². The van der Waals surface area contributed by atoms with E-state index in [0.717, 1.165) is 12.1 Å². The summed E-state index contributed by atoms with van der Waals surface area (Å²) in [5.41, 5.74) is 2.83. The van der Waals surface area contributed by atoms with Gasteiger partial charge in [0.2, 0.25) is 0 Å². The molecule has 0 saturated heterocycles. The van der Waals surface area contributed by atoms with Crippen LogP contribution in [0.4, 0.5) is 5.69 Å². The van der Waals surface area contributed by atoms with Crippen LogP contribution in [-0.4, -0.2) is 23.8 Å². The van der Waals surface area contributed by atoms with Crippen molar-refractivity contribution in [3.8, 4) is 5.75 Å². The maximum absolute atomic E-state index is 12.9. The molecule has 0 N–H and O–H groups in total. The van der Waals surface area contributed by atoms with E-state index < -0.39 is 6.10 Å². The monoisotopic (exact) mass is 337 g/mol. The van der Waals surface area contributed by atoms with Gasteiger partial charge in [-0.1, -0.05) is 25.1 Å². The summed E-state index contributed by atoms with van der Waals surface area (Å²) in [6, 6.07) is 15.1. The summed E-state index contributed by atoms with van der Waals surface area (Å²) in [5.74, 6) is 0.637. The van der Waals surface area contributed by atoms with Crippen molar-refractivity contribution in [3.63, 3.8) is 0 Å². The Morgan fingerprint density at radius 1 is 1.16 bits per heavy atom. The van der Waals surface area contributed by atoms with E-state index in [4.69, 9.17) is 4.74 Å². The predicted molar refractivity (Wildman–Crippen MR) is 98.2 cm³/mol. The van der Waals surface area contributed by atoms with Gasteiger partial charge in [-0.15, -0.1) is 0 Å². The van der Waals surface area contributed by atoms with Gasteiger partial charge >= 0.3 is 0 Å². The van der Waals surface area contributed by atoms with Crippen LogP contribution in [0.2, 0.25) is 0 Å². The Morgan fingerprint density at radius 2 is 1.84 bits per heavy atom. The molecule has 130 valence electrons. The number of carbonyl (C=O) groups is 2. The first kappa shape index (κ1) is 17.2. The lowest BCUT2D eigenvalue weighted by atomic mass is 10.1. The highest BCUT2D eigenvalue weighted by atomic mass is 16.5. The van der Waals surface area contributed by atoms with Crippen molar-refractivity contribution in [2.75, 3.05) is 4.90 Å². The van der Waals surface area contributed by atoms with E-state index in [1.807, 2.05) is 30.0 Å². The highest BCUT2D eigenvalue weighted by Crippen LogP contribution is 2.32. The van der Waals surface area contributed by atoms with Gasteiger partial charge in [0.1, 0.15) is 5.75 Å². The molecule has 0 saturated carbocycles. The van der Waals surface area contributed by atoms with Crippen LogP contribution in [0.3, 0.4) is 0 Å². The normalized spacial score (nSPS) is 17.1. The Kier molecular flexibility index (Phi) is 4.88. The van der Waals surface area contributed by atoms with Gasteiger partial charge < -0.3 is 9.64 Å². The average molecular weight is 337 g/mol. The molecule has 1 aliphatic rings. The van der Waals surface area contributed by atoms with Gasteiger partial charge in [0.25, 0.3) is 5.91 Å². The predicted octanol–water partition coefficient (Wildman–Crippen LogP) is 4.02. The zero-order valence-corrected chi connectivity index (χ0v) is 14.9. The van der Waals surface area contributed by atoms with Crippen LogP contribution in [0.25, 0.3) is 0 Å². The number of amides is 1. The van der Waals surface area contributed by atoms with Gasteiger partial charge in [-0.3, -0.25) is 9.59 Å². The number of carbonyl (C=O) groups excluding carboxylic acids is 2. The maximum atomic E-state index is 12.9. The number of fused-ring (bicyclic) bond motifs is 1. The van der Waals surface area contributed by atoms with E-state index in [1.54, 1.807) is 31.2 Å². The summed E-state index contributed by atoms with van der Waals surface area (Å²) < 4.78 is 5.82. The maximum Gasteiger partial charge on any atom is 0.268 e. The van der Waals surface area contributed by atoms with Gasteiger partial charge in [0.15, 0.2) is 11.9 Å². The van der Waals surface area contributed by atoms with E-state index >= 15 is 0 Å². The fourth-order valence-corrected chi connectivity index (χ4v) is 3.28. The molecule has 0 bridgehead atoms. The third-order valence-corrected chi connectivity index (χ3v) is 4.60. The second-order valence-corrected chi connectivity index (χ2v) is 6.45. The van der Waals surface area contributed by atoms with Crippen LogP contribution in [0.5, 0.6) is 5.75 Å². The lowest BCUT2D eigenvalue weighted by Gasteiger charge is -2.26. The molecular formula is C21H23NO3. The van der Waals surface area contributed by atoms with Crippen LogP contribution in [-0.2, 0) is 11.2 Å². The SMILES string of the molecule is CCC(=O)c1ccc(OC(C)C(=O)N2c3ccccc3CC2C)cc1. The van der Waals surface area contributed by atoms with Crippen LogP contribution in [0.1, 0.15) is 43.1 Å². The molecule has 0 aromatic heterocycles. The minimum Gasteiger partial charge on any atom is -0.481 e. The van der Waals surface area contributed by atoms with Crippen LogP contribution in [0.15, 0.2) is 48.5 Å². The number of ketones is 1. The van der Waals surface area contributed by atoms with Gasteiger partial charge in [-0.25, -0.2) is 0 Å². The molecule has 0 spiro atoms. The Bertz CT molecular complexity index is 782. The molecule has 4 heteroatoms. The molecule has 1 heterocycles. The molecular weight excluding hydrogens is 314 g/mol. The topological polar surface area (TPSA) is 46.6 Å². The summed E-state index contributed by atoms with van der Waals surface area (Å²) in [6.45, 7) is 5.65. The molecule has 3 rings (SSSR count). The smallest absolute Gasteiger partial charge is 0.268 e. The lowest BCUT2D eigenvalue weighted by Crippen LogP contribution is -2.43. The van der Waals surface area contributed by atoms with Gasteiger partial charge in [-0.05, 0) is 56.2 Å². The number of hydrogen-bond donors (Lipinski definition) is 0. The summed E-state index contributed by atoms with van der Waals surface area (Å²) in [6.07, 6.45) is 0.741. The van der Waals surface area contributed by atoms with Gasteiger partial charge in [0, 0.05) is 23.7 Å². The van der Waals surface area contributed by atoms with Crippen LogP contribution >= 0.6 is 0 Å². The molecule has 2 unspecified atom stereocenters. The fourth-order valence-electron chi connectivity index (χ4n) is 3.28. The number of hydrogen-bond acceptors (Lipinski definition) is 3. The first-order valence-corrected chi connectivity index (χ1v) is 8.72. The van der Waals surface area contributed by atoms with Gasteiger partial charge in [-0.2, -0.15) is 0 Å².